The second kappa shape index (κ2) is 6.89. The maximum atomic E-state index is 12.4. The van der Waals surface area contributed by atoms with E-state index in [2.05, 4.69) is 5.32 Å². The molecule has 0 bridgehead atoms. The molecule has 0 aromatic heterocycles. The van der Waals surface area contributed by atoms with E-state index in [1.807, 2.05) is 32.9 Å². The molecule has 126 valence electrons. The number of nitrogens with two attached hydrogens (primary N) is 1. The molecule has 1 aromatic rings. The van der Waals surface area contributed by atoms with E-state index in [1.165, 1.54) is 0 Å². The van der Waals surface area contributed by atoms with E-state index in [4.69, 9.17) is 10.5 Å². The van der Waals surface area contributed by atoms with E-state index in [0.717, 1.165) is 12.1 Å². The summed E-state index contributed by atoms with van der Waals surface area (Å²) in [5.74, 6) is -0.425. The highest BCUT2D eigenvalue weighted by Crippen LogP contribution is 2.21. The summed E-state index contributed by atoms with van der Waals surface area (Å²) in [6.07, 6.45) is 1.47. The number of esters is 1. The molecule has 1 aliphatic heterocycles. The fraction of sp³-hybridized carbons (Fsp3) is 0.529. The van der Waals surface area contributed by atoms with Gasteiger partial charge in [0.25, 0.3) is 0 Å². The van der Waals surface area contributed by atoms with Crippen molar-refractivity contribution >= 4 is 23.3 Å². The lowest BCUT2D eigenvalue weighted by molar-refractivity contribution is -0.162. The molecule has 1 atom stereocenters. The predicted octanol–water partition coefficient (Wildman–Crippen LogP) is 2.01. The van der Waals surface area contributed by atoms with Crippen LogP contribution >= 0.6 is 0 Å². The molecular weight excluding hydrogens is 294 g/mol. The summed E-state index contributed by atoms with van der Waals surface area (Å²) < 4.78 is 5.41. The van der Waals surface area contributed by atoms with Crippen molar-refractivity contribution in [3.8, 4) is 0 Å². The number of benzene rings is 1. The highest BCUT2D eigenvalue weighted by Gasteiger charge is 2.36. The van der Waals surface area contributed by atoms with Gasteiger partial charge in [0.05, 0.1) is 6.54 Å². The first-order chi connectivity index (χ1) is 10.8. The summed E-state index contributed by atoms with van der Waals surface area (Å²) in [6.45, 7) is 6.22. The number of hydrogen-bond donors (Lipinski definition) is 2. The lowest BCUT2D eigenvalue weighted by atomic mass is 10.1. The smallest absolute Gasteiger partial charge is 0.329 e. The minimum atomic E-state index is -0.545. The minimum Gasteiger partial charge on any atom is -0.458 e. The summed E-state index contributed by atoms with van der Waals surface area (Å²) in [5.41, 5.74) is 6.58. The van der Waals surface area contributed by atoms with Crippen molar-refractivity contribution in [3.63, 3.8) is 0 Å². The summed E-state index contributed by atoms with van der Waals surface area (Å²) in [6, 6.07) is 6.70. The first-order valence-electron chi connectivity index (χ1n) is 7.88. The third kappa shape index (κ3) is 4.87. The third-order valence-corrected chi connectivity index (χ3v) is 3.61. The molecule has 0 spiro atoms. The monoisotopic (exact) mass is 319 g/mol. The molecule has 23 heavy (non-hydrogen) atoms. The van der Waals surface area contributed by atoms with Crippen LogP contribution in [0.1, 0.15) is 33.6 Å². The van der Waals surface area contributed by atoms with Crippen molar-refractivity contribution in [2.45, 2.75) is 45.3 Å². The second-order valence-electron chi connectivity index (χ2n) is 6.75. The molecule has 1 amide bonds. The maximum Gasteiger partial charge on any atom is 0.329 e. The molecule has 6 nitrogen and oxygen atoms in total. The third-order valence-electron chi connectivity index (χ3n) is 3.61. The van der Waals surface area contributed by atoms with Crippen molar-refractivity contribution in [1.29, 1.82) is 0 Å². The van der Waals surface area contributed by atoms with Gasteiger partial charge < -0.3 is 20.7 Å². The van der Waals surface area contributed by atoms with Crippen LogP contribution in [-0.2, 0) is 14.3 Å². The Morgan fingerprint density at radius 1 is 1.30 bits per heavy atom. The van der Waals surface area contributed by atoms with Gasteiger partial charge in [-0.3, -0.25) is 4.79 Å². The average Bonchev–Trinajstić information content (AvgIpc) is 2.94. The van der Waals surface area contributed by atoms with Crippen LogP contribution < -0.4 is 11.1 Å². The molecule has 6 heteroatoms. The first-order valence-corrected chi connectivity index (χ1v) is 7.88. The standard InChI is InChI=1S/C17H25N3O3/c1-17(2,3)23-16(22)14-5-4-10-20(14)15(21)11-19-13-8-6-12(18)7-9-13/h6-9,14,19H,4-5,10-11,18H2,1-3H3/t14-/m1/s1. The predicted molar refractivity (Wildman–Crippen MR) is 89.9 cm³/mol. The molecule has 0 radical (unpaired) electrons. The summed E-state index contributed by atoms with van der Waals surface area (Å²) >= 11 is 0. The van der Waals surface area contributed by atoms with Gasteiger partial charge in [-0.05, 0) is 57.9 Å². The van der Waals surface area contributed by atoms with Crippen LogP contribution in [0.2, 0.25) is 0 Å². The van der Waals surface area contributed by atoms with Crippen molar-refractivity contribution in [2.75, 3.05) is 24.1 Å². The SMILES string of the molecule is CC(C)(C)OC(=O)[C@H]1CCCN1C(=O)CNc1ccc(N)cc1. The number of nitrogen functional groups attached to an aromatic ring is 1. The van der Waals surface area contributed by atoms with Crippen LogP contribution in [0.3, 0.4) is 0 Å². The van der Waals surface area contributed by atoms with E-state index >= 15 is 0 Å². The largest absolute Gasteiger partial charge is 0.458 e. The summed E-state index contributed by atoms with van der Waals surface area (Å²) in [5, 5.41) is 3.06. The average molecular weight is 319 g/mol. The number of likely N-dealkylation sites (tertiary alicyclic amines) is 1. The van der Waals surface area contributed by atoms with Gasteiger partial charge >= 0.3 is 5.97 Å². The lowest BCUT2D eigenvalue weighted by Crippen LogP contribution is -2.45. The Morgan fingerprint density at radius 3 is 2.57 bits per heavy atom. The molecule has 1 fully saturated rings. The number of carbonyl (C=O) groups excluding carboxylic acids is 2. The number of anilines is 2. The lowest BCUT2D eigenvalue weighted by Gasteiger charge is -2.27. The maximum absolute atomic E-state index is 12.4. The van der Waals surface area contributed by atoms with Gasteiger partial charge in [0.15, 0.2) is 0 Å². The molecule has 1 aromatic carbocycles. The fourth-order valence-electron chi connectivity index (χ4n) is 2.56. The van der Waals surface area contributed by atoms with Crippen molar-refractivity contribution < 1.29 is 14.3 Å². The van der Waals surface area contributed by atoms with Gasteiger partial charge in [-0.2, -0.15) is 0 Å². The van der Waals surface area contributed by atoms with E-state index in [0.29, 0.717) is 18.7 Å². The van der Waals surface area contributed by atoms with Gasteiger partial charge in [-0.1, -0.05) is 0 Å². The Balaban J connectivity index is 1.92. The van der Waals surface area contributed by atoms with Crippen molar-refractivity contribution in [2.24, 2.45) is 0 Å². The highest BCUT2D eigenvalue weighted by atomic mass is 16.6. The summed E-state index contributed by atoms with van der Waals surface area (Å²) in [7, 11) is 0. The van der Waals surface area contributed by atoms with E-state index < -0.39 is 11.6 Å². The zero-order chi connectivity index (χ0) is 17.0. The van der Waals surface area contributed by atoms with E-state index in [-0.39, 0.29) is 18.4 Å². The Morgan fingerprint density at radius 2 is 1.96 bits per heavy atom. The molecule has 1 heterocycles. The molecule has 0 aliphatic carbocycles. The normalized spacial score (nSPS) is 17.9. The Hall–Kier alpha value is -2.24. The van der Waals surface area contributed by atoms with Gasteiger partial charge in [-0.15, -0.1) is 0 Å². The van der Waals surface area contributed by atoms with E-state index in [9.17, 15) is 9.59 Å². The van der Waals surface area contributed by atoms with Crippen LogP contribution in [0.4, 0.5) is 11.4 Å². The Bertz CT molecular complexity index is 563. The Kier molecular flexibility index (Phi) is 5.13. The zero-order valence-corrected chi connectivity index (χ0v) is 14.0. The minimum absolute atomic E-state index is 0.102. The number of carbonyl (C=O) groups is 2. The molecule has 0 saturated carbocycles. The van der Waals surface area contributed by atoms with Gasteiger partial charge in [-0.25, -0.2) is 4.79 Å². The number of hydrogen-bond acceptors (Lipinski definition) is 5. The van der Waals surface area contributed by atoms with Crippen LogP contribution in [0, 0.1) is 0 Å². The zero-order valence-electron chi connectivity index (χ0n) is 14.0. The van der Waals surface area contributed by atoms with Crippen LogP contribution in [0.15, 0.2) is 24.3 Å². The van der Waals surface area contributed by atoms with Crippen LogP contribution in [-0.4, -0.2) is 41.5 Å². The van der Waals surface area contributed by atoms with Gasteiger partial charge in [0, 0.05) is 17.9 Å². The van der Waals surface area contributed by atoms with Crippen LogP contribution in [0.5, 0.6) is 0 Å². The number of nitrogens with one attached hydrogen (secondary N) is 1. The Labute approximate surface area is 137 Å². The number of ether oxygens (including phenoxy) is 1. The summed E-state index contributed by atoms with van der Waals surface area (Å²) in [4.78, 5) is 26.2. The number of amides is 1. The molecule has 3 N–H and O–H groups in total. The molecule has 1 aliphatic rings. The van der Waals surface area contributed by atoms with Crippen LogP contribution in [0.25, 0.3) is 0 Å². The highest BCUT2D eigenvalue weighted by molar-refractivity contribution is 5.87. The van der Waals surface area contributed by atoms with Crippen molar-refractivity contribution in [3.05, 3.63) is 24.3 Å². The van der Waals surface area contributed by atoms with E-state index in [1.54, 1.807) is 17.0 Å². The quantitative estimate of drug-likeness (QED) is 0.655. The topological polar surface area (TPSA) is 84.7 Å². The van der Waals surface area contributed by atoms with Gasteiger partial charge in [0.2, 0.25) is 5.91 Å². The molecular formula is C17H25N3O3. The molecule has 1 saturated heterocycles. The second-order valence-corrected chi connectivity index (χ2v) is 6.75. The molecule has 2 rings (SSSR count). The van der Waals surface area contributed by atoms with Gasteiger partial charge in [0.1, 0.15) is 11.6 Å². The first kappa shape index (κ1) is 17.1. The fourth-order valence-corrected chi connectivity index (χ4v) is 2.56. The van der Waals surface area contributed by atoms with Crippen molar-refractivity contribution in [1.82, 2.24) is 4.90 Å². The number of nitrogens with zero attached hydrogens (tertiary/aromatic N) is 1. The molecule has 0 unspecified atom stereocenters. The number of rotatable bonds is 4.